The predicted molar refractivity (Wildman–Crippen MR) is 89.4 cm³/mol. The summed E-state index contributed by atoms with van der Waals surface area (Å²) in [6.45, 7) is 5.58. The fourth-order valence-corrected chi connectivity index (χ4v) is 2.99. The zero-order valence-corrected chi connectivity index (χ0v) is 14.2. The van der Waals surface area contributed by atoms with E-state index in [4.69, 9.17) is 27.9 Å². The summed E-state index contributed by atoms with van der Waals surface area (Å²) in [7, 11) is 1.29. The number of nitrogens with one attached hydrogen (secondary N) is 1. The number of benzene rings is 1. The summed E-state index contributed by atoms with van der Waals surface area (Å²) >= 11 is 12.1. The number of halogens is 2. The largest absolute Gasteiger partial charge is 0.466 e. The van der Waals surface area contributed by atoms with Crippen LogP contribution in [-0.4, -0.2) is 30.6 Å². The van der Waals surface area contributed by atoms with Crippen LogP contribution in [0, 0.1) is 0 Å². The maximum absolute atomic E-state index is 12.3. The highest BCUT2D eigenvalue weighted by Crippen LogP contribution is 2.35. The zero-order valence-electron chi connectivity index (χ0n) is 12.7. The van der Waals surface area contributed by atoms with Crippen molar-refractivity contribution < 1.29 is 14.3 Å². The van der Waals surface area contributed by atoms with Gasteiger partial charge in [-0.25, -0.2) is 9.59 Å². The van der Waals surface area contributed by atoms with E-state index in [-0.39, 0.29) is 12.6 Å². The summed E-state index contributed by atoms with van der Waals surface area (Å²) in [6.07, 6.45) is 1.58. The van der Waals surface area contributed by atoms with Crippen LogP contribution in [0.25, 0.3) is 0 Å². The molecule has 1 aliphatic heterocycles. The normalized spacial score (nSPS) is 17.8. The van der Waals surface area contributed by atoms with Crippen LogP contribution in [0.4, 0.5) is 4.79 Å². The molecule has 2 amide bonds. The van der Waals surface area contributed by atoms with Crippen LogP contribution in [0.3, 0.4) is 0 Å². The van der Waals surface area contributed by atoms with Gasteiger partial charge >= 0.3 is 12.0 Å². The highest BCUT2D eigenvalue weighted by atomic mass is 35.5. The molecule has 1 heterocycles. The molecule has 1 aromatic rings. The lowest BCUT2D eigenvalue weighted by Crippen LogP contribution is -2.48. The molecule has 1 aliphatic rings. The van der Waals surface area contributed by atoms with Gasteiger partial charge in [0, 0.05) is 22.3 Å². The Hall–Kier alpha value is -1.98. The van der Waals surface area contributed by atoms with Gasteiger partial charge in [0.2, 0.25) is 0 Å². The van der Waals surface area contributed by atoms with Crippen LogP contribution in [0.2, 0.25) is 10.0 Å². The molecule has 0 fully saturated rings. The molecule has 0 spiro atoms. The molecule has 0 radical (unpaired) electrons. The number of carbonyl (C=O) groups excluding carboxylic acids is 2. The SMILES string of the molecule is C=CCN1C(=O)N[C@H](c2ccc(Cl)cc2Cl)C(C(=O)OC)=C1C. The molecule has 122 valence electrons. The van der Waals surface area contributed by atoms with E-state index >= 15 is 0 Å². The van der Waals surface area contributed by atoms with Crippen molar-refractivity contribution in [2.75, 3.05) is 13.7 Å². The predicted octanol–water partition coefficient (Wildman–Crippen LogP) is 3.69. The molecule has 0 saturated heterocycles. The third kappa shape index (κ3) is 3.35. The molecule has 5 nitrogen and oxygen atoms in total. The van der Waals surface area contributed by atoms with Crippen molar-refractivity contribution in [2.45, 2.75) is 13.0 Å². The average molecular weight is 355 g/mol. The summed E-state index contributed by atoms with van der Waals surface area (Å²) in [5.41, 5.74) is 1.39. The van der Waals surface area contributed by atoms with Gasteiger partial charge < -0.3 is 10.1 Å². The average Bonchev–Trinajstić information content (AvgIpc) is 2.50. The highest BCUT2D eigenvalue weighted by molar-refractivity contribution is 6.35. The topological polar surface area (TPSA) is 58.6 Å². The minimum Gasteiger partial charge on any atom is -0.466 e. The van der Waals surface area contributed by atoms with Crippen molar-refractivity contribution in [1.29, 1.82) is 0 Å². The van der Waals surface area contributed by atoms with Crippen molar-refractivity contribution in [3.05, 3.63) is 57.7 Å². The number of allylic oxidation sites excluding steroid dienone is 1. The van der Waals surface area contributed by atoms with Crippen molar-refractivity contribution in [3.63, 3.8) is 0 Å². The van der Waals surface area contributed by atoms with E-state index in [0.29, 0.717) is 26.9 Å². The Balaban J connectivity index is 2.59. The van der Waals surface area contributed by atoms with Crippen LogP contribution in [-0.2, 0) is 9.53 Å². The number of carbonyl (C=O) groups is 2. The van der Waals surface area contributed by atoms with Crippen molar-refractivity contribution in [3.8, 4) is 0 Å². The third-order valence-corrected chi connectivity index (χ3v) is 4.15. The number of methoxy groups -OCH3 is 1. The summed E-state index contributed by atoms with van der Waals surface area (Å²) in [5.74, 6) is -0.535. The van der Waals surface area contributed by atoms with Gasteiger partial charge in [0.1, 0.15) is 0 Å². The van der Waals surface area contributed by atoms with E-state index in [1.165, 1.54) is 12.0 Å². The van der Waals surface area contributed by atoms with Gasteiger partial charge in [0.15, 0.2) is 0 Å². The molecular formula is C16H16Cl2N2O3. The lowest BCUT2D eigenvalue weighted by molar-refractivity contribution is -0.136. The van der Waals surface area contributed by atoms with Gasteiger partial charge in [-0.3, -0.25) is 4.90 Å². The fourth-order valence-electron chi connectivity index (χ4n) is 2.47. The molecule has 0 bridgehead atoms. The third-order valence-electron chi connectivity index (χ3n) is 3.59. The molecule has 23 heavy (non-hydrogen) atoms. The van der Waals surface area contributed by atoms with Gasteiger partial charge in [0.05, 0.1) is 18.7 Å². The first-order chi connectivity index (χ1) is 10.9. The van der Waals surface area contributed by atoms with E-state index in [1.54, 1.807) is 31.2 Å². The Labute approximate surface area is 144 Å². The molecule has 1 atom stereocenters. The van der Waals surface area contributed by atoms with Crippen LogP contribution in [0.5, 0.6) is 0 Å². The van der Waals surface area contributed by atoms with Crippen molar-refractivity contribution in [1.82, 2.24) is 10.2 Å². The lowest BCUT2D eigenvalue weighted by atomic mass is 9.95. The first-order valence-electron chi connectivity index (χ1n) is 6.83. The maximum Gasteiger partial charge on any atom is 0.337 e. The minimum absolute atomic E-state index is 0.277. The first-order valence-corrected chi connectivity index (χ1v) is 7.59. The highest BCUT2D eigenvalue weighted by Gasteiger charge is 2.36. The van der Waals surface area contributed by atoms with Crippen LogP contribution >= 0.6 is 23.2 Å². The molecule has 0 saturated carbocycles. The molecule has 2 rings (SSSR count). The molecular weight excluding hydrogens is 339 g/mol. The second-order valence-electron chi connectivity index (χ2n) is 4.94. The van der Waals surface area contributed by atoms with Crippen LogP contribution in [0.1, 0.15) is 18.5 Å². The quantitative estimate of drug-likeness (QED) is 0.662. The number of hydrogen-bond acceptors (Lipinski definition) is 3. The lowest BCUT2D eigenvalue weighted by Gasteiger charge is -2.35. The van der Waals surface area contributed by atoms with Gasteiger partial charge in [-0.15, -0.1) is 6.58 Å². The molecule has 0 aromatic heterocycles. The van der Waals surface area contributed by atoms with E-state index in [0.717, 1.165) is 0 Å². The van der Waals surface area contributed by atoms with Gasteiger partial charge in [-0.05, 0) is 24.6 Å². The number of amides is 2. The first kappa shape index (κ1) is 17.4. The standard InChI is InChI=1S/C16H16Cl2N2O3/c1-4-7-20-9(2)13(15(21)23-3)14(19-16(20)22)11-6-5-10(17)8-12(11)18/h4-6,8,14H,1,7H2,2-3H3,(H,19,22)/t14-/m1/s1. The Morgan fingerprint density at radius 3 is 2.74 bits per heavy atom. The second-order valence-corrected chi connectivity index (χ2v) is 5.78. The summed E-state index contributed by atoms with van der Waals surface area (Å²) < 4.78 is 4.87. The van der Waals surface area contributed by atoms with Crippen molar-refractivity contribution >= 4 is 35.2 Å². The monoisotopic (exact) mass is 354 g/mol. The van der Waals surface area contributed by atoms with Gasteiger partial charge in [0.25, 0.3) is 0 Å². The summed E-state index contributed by atoms with van der Waals surface area (Å²) in [5, 5.41) is 3.60. The number of rotatable bonds is 4. The van der Waals surface area contributed by atoms with Crippen molar-refractivity contribution in [2.24, 2.45) is 0 Å². The van der Waals surface area contributed by atoms with E-state index in [1.807, 2.05) is 0 Å². The maximum atomic E-state index is 12.3. The molecule has 0 aliphatic carbocycles. The Morgan fingerprint density at radius 1 is 1.48 bits per heavy atom. The molecule has 7 heteroatoms. The number of esters is 1. The zero-order chi connectivity index (χ0) is 17.1. The fraction of sp³-hybridized carbons (Fsp3) is 0.250. The summed E-state index contributed by atoms with van der Waals surface area (Å²) in [6, 6.07) is 3.83. The molecule has 1 N–H and O–H groups in total. The molecule has 1 aromatic carbocycles. The minimum atomic E-state index is -0.708. The Bertz CT molecular complexity index is 701. The Morgan fingerprint density at radius 2 is 2.17 bits per heavy atom. The smallest absolute Gasteiger partial charge is 0.337 e. The van der Waals surface area contributed by atoms with E-state index in [9.17, 15) is 9.59 Å². The summed E-state index contributed by atoms with van der Waals surface area (Å²) in [4.78, 5) is 26.0. The Kier molecular flexibility index (Phi) is 5.34. The number of hydrogen-bond donors (Lipinski definition) is 1. The van der Waals surface area contributed by atoms with Crippen LogP contribution < -0.4 is 5.32 Å². The molecule has 0 unspecified atom stereocenters. The number of urea groups is 1. The number of ether oxygens (including phenoxy) is 1. The van der Waals surface area contributed by atoms with E-state index < -0.39 is 12.0 Å². The van der Waals surface area contributed by atoms with Crippen LogP contribution in [0.15, 0.2) is 42.1 Å². The van der Waals surface area contributed by atoms with Gasteiger partial charge in [-0.2, -0.15) is 0 Å². The van der Waals surface area contributed by atoms with E-state index in [2.05, 4.69) is 11.9 Å². The number of nitrogens with zero attached hydrogens (tertiary/aromatic N) is 1. The second kappa shape index (κ2) is 7.06. The van der Waals surface area contributed by atoms with Gasteiger partial charge in [-0.1, -0.05) is 35.3 Å².